The van der Waals surface area contributed by atoms with Crippen LogP contribution in [0.25, 0.3) is 0 Å². The van der Waals surface area contributed by atoms with Crippen LogP contribution in [0.5, 0.6) is 0 Å². The first-order valence-electron chi connectivity index (χ1n) is 5.24. The van der Waals surface area contributed by atoms with Crippen molar-refractivity contribution in [3.8, 4) is 0 Å². The topological polar surface area (TPSA) is 64.3 Å². The minimum absolute atomic E-state index is 0.264. The molecular formula is C11H17ClN2O2S. The fraction of sp³-hybridized carbons (Fsp3) is 0.545. The summed E-state index contributed by atoms with van der Waals surface area (Å²) in [5.74, 6) is 0. The lowest BCUT2D eigenvalue weighted by Crippen LogP contribution is -2.36. The van der Waals surface area contributed by atoms with Gasteiger partial charge in [-0.05, 0) is 26.8 Å². The summed E-state index contributed by atoms with van der Waals surface area (Å²) in [7, 11) is 0. The monoisotopic (exact) mass is 276 g/mol. The van der Waals surface area contributed by atoms with Gasteiger partial charge in [-0.15, -0.1) is 11.3 Å². The Balaban J connectivity index is 2.38. The summed E-state index contributed by atoms with van der Waals surface area (Å²) in [5, 5.41) is 5.10. The molecule has 0 radical (unpaired) electrons. The van der Waals surface area contributed by atoms with Crippen molar-refractivity contribution in [3.63, 3.8) is 0 Å². The summed E-state index contributed by atoms with van der Waals surface area (Å²) in [6.07, 6.45) is -0.462. The van der Waals surface area contributed by atoms with Crippen molar-refractivity contribution >= 4 is 29.0 Å². The van der Waals surface area contributed by atoms with Crippen molar-refractivity contribution in [2.45, 2.75) is 32.4 Å². The summed E-state index contributed by atoms with van der Waals surface area (Å²) in [6.45, 7) is 5.76. The maximum atomic E-state index is 11.4. The molecule has 1 aromatic heterocycles. The Labute approximate surface area is 110 Å². The summed E-state index contributed by atoms with van der Waals surface area (Å²) in [5.41, 5.74) is 5.40. The van der Waals surface area contributed by atoms with Crippen LogP contribution in [-0.4, -0.2) is 18.2 Å². The predicted octanol–water partition coefficient (Wildman–Crippen LogP) is 2.93. The first-order valence-corrected chi connectivity index (χ1v) is 6.50. The van der Waals surface area contributed by atoms with Crippen LogP contribution in [0.15, 0.2) is 11.4 Å². The van der Waals surface area contributed by atoms with Crippen molar-refractivity contribution in [2.75, 3.05) is 6.54 Å². The van der Waals surface area contributed by atoms with Gasteiger partial charge in [0.1, 0.15) is 5.60 Å². The van der Waals surface area contributed by atoms with E-state index in [9.17, 15) is 4.79 Å². The number of amides is 1. The third-order valence-corrected chi connectivity index (χ3v) is 3.23. The number of nitrogens with two attached hydrogens (primary N) is 1. The molecule has 1 heterocycles. The first kappa shape index (κ1) is 14.3. The Bertz CT molecular complexity index is 387. The molecule has 0 aromatic carbocycles. The average Bonchev–Trinajstić information content (AvgIpc) is 2.58. The zero-order valence-electron chi connectivity index (χ0n) is 10.1. The summed E-state index contributed by atoms with van der Waals surface area (Å²) < 4.78 is 5.10. The molecule has 0 saturated carbocycles. The van der Waals surface area contributed by atoms with Gasteiger partial charge in [0, 0.05) is 16.8 Å². The van der Waals surface area contributed by atoms with E-state index < -0.39 is 11.7 Å². The number of thiophene rings is 1. The molecular weight excluding hydrogens is 260 g/mol. The Morgan fingerprint density at radius 3 is 2.76 bits per heavy atom. The number of alkyl carbamates (subject to hydrolysis) is 1. The van der Waals surface area contributed by atoms with Crippen molar-refractivity contribution < 1.29 is 9.53 Å². The van der Waals surface area contributed by atoms with Gasteiger partial charge in [0.25, 0.3) is 0 Å². The molecule has 0 aliphatic heterocycles. The fourth-order valence-corrected chi connectivity index (χ4v) is 2.22. The van der Waals surface area contributed by atoms with Crippen molar-refractivity contribution in [1.29, 1.82) is 0 Å². The van der Waals surface area contributed by atoms with E-state index >= 15 is 0 Å². The van der Waals surface area contributed by atoms with Gasteiger partial charge in [0.2, 0.25) is 0 Å². The maximum absolute atomic E-state index is 11.4. The highest BCUT2D eigenvalue weighted by atomic mass is 35.5. The molecule has 4 nitrogen and oxygen atoms in total. The minimum atomic E-state index is -0.500. The average molecular weight is 277 g/mol. The molecule has 1 atom stereocenters. The number of carbonyl (C=O) groups is 1. The zero-order chi connectivity index (χ0) is 13.1. The molecule has 0 aliphatic carbocycles. The van der Waals surface area contributed by atoms with E-state index in [0.717, 1.165) is 4.88 Å². The molecule has 0 saturated heterocycles. The van der Waals surface area contributed by atoms with Crippen LogP contribution in [0.4, 0.5) is 4.79 Å². The smallest absolute Gasteiger partial charge is 0.407 e. The van der Waals surface area contributed by atoms with E-state index in [0.29, 0.717) is 11.6 Å². The fourth-order valence-electron chi connectivity index (χ4n) is 1.13. The highest BCUT2D eigenvalue weighted by Gasteiger charge is 2.17. The SMILES string of the molecule is CC(C)(C)OC(=O)NCC(N)c1cc(Cl)cs1. The summed E-state index contributed by atoms with van der Waals surface area (Å²) >= 11 is 7.27. The Kier molecular flexibility index (Phi) is 4.80. The van der Waals surface area contributed by atoms with E-state index in [2.05, 4.69) is 5.32 Å². The predicted molar refractivity (Wildman–Crippen MR) is 70.5 cm³/mol. The van der Waals surface area contributed by atoms with Gasteiger partial charge in [0.15, 0.2) is 0 Å². The summed E-state index contributed by atoms with van der Waals surface area (Å²) in [4.78, 5) is 12.3. The molecule has 1 aromatic rings. The van der Waals surface area contributed by atoms with Crippen LogP contribution in [0.1, 0.15) is 31.7 Å². The van der Waals surface area contributed by atoms with Crippen molar-refractivity contribution in [1.82, 2.24) is 5.32 Å². The Hall–Kier alpha value is -0.780. The van der Waals surface area contributed by atoms with E-state index in [4.69, 9.17) is 22.1 Å². The largest absolute Gasteiger partial charge is 0.444 e. The highest BCUT2D eigenvalue weighted by molar-refractivity contribution is 7.10. The molecule has 96 valence electrons. The molecule has 3 N–H and O–H groups in total. The molecule has 0 spiro atoms. The first-order chi connectivity index (χ1) is 7.78. The minimum Gasteiger partial charge on any atom is -0.444 e. The lowest BCUT2D eigenvalue weighted by molar-refractivity contribution is 0.0524. The quantitative estimate of drug-likeness (QED) is 0.892. The lowest BCUT2D eigenvalue weighted by atomic mass is 10.2. The van der Waals surface area contributed by atoms with Gasteiger partial charge < -0.3 is 15.8 Å². The van der Waals surface area contributed by atoms with Crippen LogP contribution >= 0.6 is 22.9 Å². The number of nitrogens with one attached hydrogen (secondary N) is 1. The van der Waals surface area contributed by atoms with Crippen LogP contribution in [0.2, 0.25) is 5.02 Å². The second kappa shape index (κ2) is 5.71. The number of ether oxygens (including phenoxy) is 1. The van der Waals surface area contributed by atoms with Gasteiger partial charge in [0.05, 0.1) is 11.1 Å². The molecule has 0 aliphatic rings. The number of halogens is 1. The number of hydrogen-bond donors (Lipinski definition) is 2. The van der Waals surface area contributed by atoms with Crippen LogP contribution in [-0.2, 0) is 4.74 Å². The number of hydrogen-bond acceptors (Lipinski definition) is 4. The molecule has 1 rings (SSSR count). The van der Waals surface area contributed by atoms with Crippen LogP contribution in [0, 0.1) is 0 Å². The third kappa shape index (κ3) is 5.39. The van der Waals surface area contributed by atoms with E-state index in [1.807, 2.05) is 26.2 Å². The van der Waals surface area contributed by atoms with E-state index in [1.165, 1.54) is 11.3 Å². The van der Waals surface area contributed by atoms with Gasteiger partial charge in [-0.2, -0.15) is 0 Å². The van der Waals surface area contributed by atoms with E-state index in [1.54, 1.807) is 6.07 Å². The van der Waals surface area contributed by atoms with Crippen molar-refractivity contribution in [3.05, 3.63) is 21.3 Å². The highest BCUT2D eigenvalue weighted by Crippen LogP contribution is 2.23. The van der Waals surface area contributed by atoms with Crippen LogP contribution < -0.4 is 11.1 Å². The second-order valence-electron chi connectivity index (χ2n) is 4.66. The Morgan fingerprint density at radius 2 is 2.29 bits per heavy atom. The molecule has 17 heavy (non-hydrogen) atoms. The van der Waals surface area contributed by atoms with Crippen LogP contribution in [0.3, 0.4) is 0 Å². The van der Waals surface area contributed by atoms with Gasteiger partial charge in [-0.1, -0.05) is 11.6 Å². The molecule has 1 unspecified atom stereocenters. The molecule has 1 amide bonds. The van der Waals surface area contributed by atoms with Gasteiger partial charge >= 0.3 is 6.09 Å². The molecule has 0 bridgehead atoms. The molecule has 6 heteroatoms. The summed E-state index contributed by atoms with van der Waals surface area (Å²) in [6, 6.07) is 1.54. The molecule has 0 fully saturated rings. The standard InChI is InChI=1S/C11H17ClN2O2S/c1-11(2,3)16-10(15)14-5-8(13)9-4-7(12)6-17-9/h4,6,8H,5,13H2,1-3H3,(H,14,15). The number of rotatable bonds is 3. The zero-order valence-corrected chi connectivity index (χ0v) is 11.7. The normalized spacial score (nSPS) is 13.2. The number of carbonyl (C=O) groups excluding carboxylic acids is 1. The Morgan fingerprint density at radius 1 is 1.65 bits per heavy atom. The maximum Gasteiger partial charge on any atom is 0.407 e. The third-order valence-electron chi connectivity index (χ3n) is 1.82. The van der Waals surface area contributed by atoms with E-state index in [-0.39, 0.29) is 6.04 Å². The van der Waals surface area contributed by atoms with Gasteiger partial charge in [-0.25, -0.2) is 4.79 Å². The van der Waals surface area contributed by atoms with Gasteiger partial charge in [-0.3, -0.25) is 0 Å². The second-order valence-corrected chi connectivity index (χ2v) is 6.04. The van der Waals surface area contributed by atoms with Crippen molar-refractivity contribution in [2.24, 2.45) is 5.73 Å². The lowest BCUT2D eigenvalue weighted by Gasteiger charge is -2.20.